The van der Waals surface area contributed by atoms with Crippen molar-refractivity contribution in [2.45, 2.75) is 55.6 Å². The highest BCUT2D eigenvalue weighted by Gasteiger charge is 2.76. The number of urea groups is 1. The largest absolute Gasteiger partial charge is 0.508 e. The average molecular weight is 869 g/mol. The van der Waals surface area contributed by atoms with E-state index in [9.17, 15) is 9.90 Å². The minimum atomic E-state index is -1.89. The number of carbonyl (C=O) groups excluding carboxylic acids is 4. The molecule has 6 aromatic rings. The third-order valence-electron chi connectivity index (χ3n) is 13.7. The average Bonchev–Trinajstić information content (AvgIpc) is 3.80. The molecule has 4 aliphatic rings. The van der Waals surface area contributed by atoms with Crippen molar-refractivity contribution in [2.24, 2.45) is 5.92 Å². The van der Waals surface area contributed by atoms with E-state index in [0.29, 0.717) is 34.7 Å². The minimum absolute atomic E-state index is 0.00195. The molecule has 6 aromatic carbocycles. The first kappa shape index (κ1) is 41.6. The van der Waals surface area contributed by atoms with Gasteiger partial charge in [0.1, 0.15) is 23.3 Å². The van der Waals surface area contributed by atoms with Crippen LogP contribution < -0.4 is 19.7 Å². The van der Waals surface area contributed by atoms with Crippen molar-refractivity contribution in [3.63, 3.8) is 0 Å². The van der Waals surface area contributed by atoms with E-state index in [2.05, 4.69) is 5.32 Å². The normalized spacial score (nSPS) is 23.8. The lowest BCUT2D eigenvalue weighted by Gasteiger charge is -2.46. The number of rotatable bonds is 8. The number of esters is 1. The van der Waals surface area contributed by atoms with Gasteiger partial charge in [-0.05, 0) is 82.6 Å². The number of methoxy groups -OCH3 is 2. The molecule has 10 rings (SSSR count). The zero-order chi connectivity index (χ0) is 45.0. The summed E-state index contributed by atoms with van der Waals surface area (Å²) in [5.74, 6) is -2.08. The number of carbonyl (C=O) groups is 4. The van der Waals surface area contributed by atoms with Gasteiger partial charge >= 0.3 is 12.0 Å². The molecule has 4 heterocycles. The number of para-hydroxylation sites is 1. The quantitative estimate of drug-likeness (QED) is 0.145. The molecule has 4 amide bonds. The standard InChI is InChI=1S/C53H48N4O8/c1-32(33-15-7-4-8-16-33)54-52(62)56-41-22-14-13-21-40(41)53(51(56)61)44(49(59)55-28-27-37-29-42(63-2)43(64-3)30-38(37)31-55)46-50(60)65-47(35-19-11-6-12-20-35)45(34-17-9-5-10-18-34)57(46)48(53)36-23-25-39(58)26-24-36/h4-26,29-30,32,44-48,58H,27-28,31H2,1-3H3,(H,54,62)/t32-,44+,45+,46+,47-,48-,53+/m1/s1. The van der Waals surface area contributed by atoms with E-state index in [4.69, 9.17) is 14.2 Å². The maximum absolute atomic E-state index is 16.4. The zero-order valence-corrected chi connectivity index (χ0v) is 36.2. The fraction of sp³-hybridized carbons (Fsp3) is 0.245. The Morgan fingerprint density at radius 1 is 0.738 bits per heavy atom. The summed E-state index contributed by atoms with van der Waals surface area (Å²) in [6, 6.07) is 41.7. The maximum Gasteiger partial charge on any atom is 0.329 e. The highest BCUT2D eigenvalue weighted by Crippen LogP contribution is 2.66. The van der Waals surface area contributed by atoms with E-state index in [0.717, 1.165) is 32.7 Å². The number of phenols is 1. The van der Waals surface area contributed by atoms with E-state index >= 15 is 14.4 Å². The zero-order valence-electron chi connectivity index (χ0n) is 36.2. The Bertz CT molecular complexity index is 2790. The van der Waals surface area contributed by atoms with E-state index in [1.165, 1.54) is 0 Å². The predicted molar refractivity (Wildman–Crippen MR) is 242 cm³/mol. The molecule has 0 unspecified atom stereocenters. The van der Waals surface area contributed by atoms with Crippen LogP contribution in [0.4, 0.5) is 10.5 Å². The summed E-state index contributed by atoms with van der Waals surface area (Å²) >= 11 is 0. The molecule has 2 saturated heterocycles. The van der Waals surface area contributed by atoms with Crippen LogP contribution in [0.3, 0.4) is 0 Å². The summed E-state index contributed by atoms with van der Waals surface area (Å²) in [5.41, 5.74) is 3.60. The lowest BCUT2D eigenvalue weighted by molar-refractivity contribution is -0.179. The fourth-order valence-corrected chi connectivity index (χ4v) is 10.8. The van der Waals surface area contributed by atoms with E-state index in [-0.39, 0.29) is 18.8 Å². The van der Waals surface area contributed by atoms with Crippen molar-refractivity contribution in [1.82, 2.24) is 15.1 Å². The van der Waals surface area contributed by atoms with Gasteiger partial charge < -0.3 is 29.5 Å². The number of aromatic hydroxyl groups is 1. The van der Waals surface area contributed by atoms with Gasteiger partial charge in [0.05, 0.1) is 44.0 Å². The van der Waals surface area contributed by atoms with Crippen molar-refractivity contribution in [3.8, 4) is 17.2 Å². The van der Waals surface area contributed by atoms with Crippen molar-refractivity contribution in [1.29, 1.82) is 0 Å². The Balaban J connectivity index is 1.21. The fourth-order valence-electron chi connectivity index (χ4n) is 10.8. The van der Waals surface area contributed by atoms with E-state index in [1.807, 2.05) is 115 Å². The molecular weight excluding hydrogens is 821 g/mol. The van der Waals surface area contributed by atoms with Gasteiger partial charge in [-0.2, -0.15) is 0 Å². The van der Waals surface area contributed by atoms with E-state index in [1.54, 1.807) is 67.7 Å². The van der Waals surface area contributed by atoms with Crippen LogP contribution in [0.1, 0.15) is 70.1 Å². The van der Waals surface area contributed by atoms with E-state index < -0.39 is 65.4 Å². The maximum atomic E-state index is 16.4. The Morgan fingerprint density at radius 3 is 2.00 bits per heavy atom. The Morgan fingerprint density at radius 2 is 1.34 bits per heavy atom. The Kier molecular flexibility index (Phi) is 10.6. The molecule has 2 N–H and O–H groups in total. The third kappa shape index (κ3) is 6.70. The number of fused-ring (bicyclic) bond motifs is 4. The minimum Gasteiger partial charge on any atom is -0.508 e. The first-order valence-corrected chi connectivity index (χ1v) is 21.8. The highest BCUT2D eigenvalue weighted by molar-refractivity contribution is 6.24. The number of phenolic OH excluding ortho intramolecular Hbond substituents is 1. The van der Waals surface area contributed by atoms with Crippen LogP contribution in [-0.4, -0.2) is 65.5 Å². The van der Waals surface area contributed by atoms with Crippen LogP contribution >= 0.6 is 0 Å². The van der Waals surface area contributed by atoms with Crippen LogP contribution in [0.2, 0.25) is 0 Å². The summed E-state index contributed by atoms with van der Waals surface area (Å²) in [7, 11) is 3.14. The van der Waals surface area contributed by atoms with Gasteiger partial charge in [-0.3, -0.25) is 19.3 Å². The number of anilines is 1. The summed E-state index contributed by atoms with van der Waals surface area (Å²) in [6.07, 6.45) is -0.393. The molecule has 0 saturated carbocycles. The number of amides is 4. The molecule has 0 bridgehead atoms. The summed E-state index contributed by atoms with van der Waals surface area (Å²) < 4.78 is 17.9. The van der Waals surface area contributed by atoms with Gasteiger partial charge in [-0.15, -0.1) is 0 Å². The topological polar surface area (TPSA) is 138 Å². The number of morpholine rings is 1. The monoisotopic (exact) mass is 868 g/mol. The molecule has 0 aliphatic carbocycles. The summed E-state index contributed by atoms with van der Waals surface area (Å²) in [6.45, 7) is 2.29. The lowest BCUT2D eigenvalue weighted by atomic mass is 9.65. The van der Waals surface area contributed by atoms with Crippen LogP contribution in [0.15, 0.2) is 152 Å². The number of imide groups is 1. The Hall–Kier alpha value is -7.44. The van der Waals surface area contributed by atoms with Crippen molar-refractivity contribution in [3.05, 3.63) is 191 Å². The van der Waals surface area contributed by atoms with Gasteiger partial charge in [0.15, 0.2) is 11.5 Å². The second-order valence-corrected chi connectivity index (χ2v) is 17.1. The molecular formula is C53H48N4O8. The molecule has 0 radical (unpaired) electrons. The predicted octanol–water partition coefficient (Wildman–Crippen LogP) is 8.13. The molecule has 7 atom stereocenters. The number of benzene rings is 6. The third-order valence-corrected chi connectivity index (χ3v) is 13.7. The molecule has 0 aromatic heterocycles. The SMILES string of the molecule is COc1cc2c(cc1OC)CN(C(=O)[C@@H]1[C@H]3C(=O)O[C@H](c4ccccc4)[C@H](c4ccccc4)N3[C@H](c3ccc(O)cc3)[C@@]13C(=O)N(C(=O)N[C@H](C)c1ccccc1)c1ccccc13)CC2. The molecule has 1 spiro atoms. The molecule has 65 heavy (non-hydrogen) atoms. The number of cyclic esters (lactones) is 1. The van der Waals surface area contributed by atoms with Crippen LogP contribution in [0.25, 0.3) is 0 Å². The van der Waals surface area contributed by atoms with Gasteiger partial charge in [0, 0.05) is 13.1 Å². The molecule has 12 nitrogen and oxygen atoms in total. The number of ether oxygens (including phenoxy) is 3. The van der Waals surface area contributed by atoms with Gasteiger partial charge in [0.25, 0.3) is 0 Å². The number of hydrogen-bond donors (Lipinski definition) is 2. The first-order valence-electron chi connectivity index (χ1n) is 21.8. The molecule has 12 heteroatoms. The van der Waals surface area contributed by atoms with Crippen LogP contribution in [0, 0.1) is 5.92 Å². The van der Waals surface area contributed by atoms with Crippen molar-refractivity contribution < 1.29 is 38.5 Å². The lowest BCUT2D eigenvalue weighted by Crippen LogP contribution is -2.57. The van der Waals surface area contributed by atoms with Crippen molar-refractivity contribution in [2.75, 3.05) is 25.7 Å². The molecule has 2 fully saturated rings. The van der Waals surface area contributed by atoms with Crippen LogP contribution in [0.5, 0.6) is 17.2 Å². The smallest absolute Gasteiger partial charge is 0.329 e. The van der Waals surface area contributed by atoms with Crippen molar-refractivity contribution >= 4 is 29.5 Å². The second kappa shape index (κ2) is 16.6. The molecule has 4 aliphatic heterocycles. The highest BCUT2D eigenvalue weighted by atomic mass is 16.6. The van der Waals surface area contributed by atoms with Gasteiger partial charge in [0.2, 0.25) is 11.8 Å². The molecule has 328 valence electrons. The second-order valence-electron chi connectivity index (χ2n) is 17.1. The summed E-state index contributed by atoms with van der Waals surface area (Å²) in [5, 5.41) is 13.8. The number of nitrogens with one attached hydrogen (secondary N) is 1. The number of hydrogen-bond acceptors (Lipinski definition) is 9. The first-order chi connectivity index (χ1) is 31.6. The number of nitrogens with zero attached hydrogens (tertiary/aromatic N) is 3. The summed E-state index contributed by atoms with van der Waals surface area (Å²) in [4.78, 5) is 67.8. The van der Waals surface area contributed by atoms with Gasteiger partial charge in [-0.1, -0.05) is 121 Å². The Labute approximate surface area is 377 Å². The van der Waals surface area contributed by atoms with Gasteiger partial charge in [-0.25, -0.2) is 9.69 Å². The van der Waals surface area contributed by atoms with Crippen LogP contribution in [-0.2, 0) is 37.5 Å².